The van der Waals surface area contributed by atoms with E-state index in [4.69, 9.17) is 0 Å². The molecule has 0 saturated heterocycles. The van der Waals surface area contributed by atoms with Crippen molar-refractivity contribution < 1.29 is 4.79 Å². The zero-order valence-corrected chi connectivity index (χ0v) is 9.06. The smallest absolute Gasteiger partial charge is 0.185 e. The monoisotopic (exact) mass is 203 g/mol. The molecular formula is C11H13N3O. The summed E-state index contributed by atoms with van der Waals surface area (Å²) in [5.74, 6) is 0.0224. The normalized spacial score (nSPS) is 11.2. The maximum atomic E-state index is 11.7. The van der Waals surface area contributed by atoms with Crippen LogP contribution in [0.15, 0.2) is 18.5 Å². The molecule has 0 fully saturated rings. The van der Waals surface area contributed by atoms with Gasteiger partial charge >= 0.3 is 0 Å². The molecular weight excluding hydrogens is 190 g/mol. The molecule has 0 spiro atoms. The van der Waals surface area contributed by atoms with Crippen molar-refractivity contribution in [2.75, 3.05) is 0 Å². The third kappa shape index (κ3) is 1.75. The Kier molecular flexibility index (Phi) is 2.26. The van der Waals surface area contributed by atoms with Crippen LogP contribution in [0.4, 0.5) is 0 Å². The Labute approximate surface area is 87.9 Å². The molecule has 0 radical (unpaired) electrons. The molecule has 0 aliphatic carbocycles. The molecule has 0 aliphatic heterocycles. The van der Waals surface area contributed by atoms with Crippen LogP contribution in [0.1, 0.15) is 29.9 Å². The number of nitrogens with zero attached hydrogens (tertiary/aromatic N) is 3. The van der Waals surface area contributed by atoms with Gasteiger partial charge in [0.15, 0.2) is 11.4 Å². The largest absolute Gasteiger partial charge is 0.292 e. The van der Waals surface area contributed by atoms with Gasteiger partial charge in [-0.25, -0.2) is 9.50 Å². The van der Waals surface area contributed by atoms with Gasteiger partial charge in [0.1, 0.15) is 5.69 Å². The molecule has 0 saturated carbocycles. The molecule has 2 aromatic heterocycles. The zero-order valence-electron chi connectivity index (χ0n) is 9.06. The summed E-state index contributed by atoms with van der Waals surface area (Å²) < 4.78 is 1.64. The highest BCUT2D eigenvalue weighted by Gasteiger charge is 2.14. The number of rotatable bonds is 2. The number of hydrogen-bond acceptors (Lipinski definition) is 3. The Morgan fingerprint density at radius 2 is 2.20 bits per heavy atom. The Balaban J connectivity index is 2.52. The van der Waals surface area contributed by atoms with Crippen LogP contribution in [0.2, 0.25) is 0 Å². The summed E-state index contributed by atoms with van der Waals surface area (Å²) in [4.78, 5) is 15.9. The molecule has 0 amide bonds. The molecule has 0 bridgehead atoms. The first kappa shape index (κ1) is 9.83. The van der Waals surface area contributed by atoms with Gasteiger partial charge in [-0.15, -0.1) is 0 Å². The Morgan fingerprint density at radius 1 is 1.47 bits per heavy atom. The third-order valence-electron chi connectivity index (χ3n) is 2.22. The van der Waals surface area contributed by atoms with Crippen LogP contribution in [-0.2, 0) is 0 Å². The molecule has 78 valence electrons. The van der Waals surface area contributed by atoms with Crippen LogP contribution in [0.5, 0.6) is 0 Å². The minimum atomic E-state index is -0.0315. The molecule has 0 aromatic carbocycles. The maximum Gasteiger partial charge on any atom is 0.185 e. The van der Waals surface area contributed by atoms with Crippen LogP contribution in [0.25, 0.3) is 5.65 Å². The SMILES string of the molecule is Cc1cnc2cc(C(=O)C(C)C)nn2c1. The summed E-state index contributed by atoms with van der Waals surface area (Å²) in [6, 6.07) is 1.72. The summed E-state index contributed by atoms with van der Waals surface area (Å²) >= 11 is 0. The van der Waals surface area contributed by atoms with Crippen molar-refractivity contribution in [1.29, 1.82) is 0 Å². The number of carbonyl (C=O) groups is 1. The fourth-order valence-electron chi connectivity index (χ4n) is 1.39. The second-order valence-electron chi connectivity index (χ2n) is 3.98. The lowest BCUT2D eigenvalue weighted by atomic mass is 10.1. The standard InChI is InChI=1S/C11H13N3O/c1-7(2)11(15)9-4-10-12-5-8(3)6-14(10)13-9/h4-7H,1-3H3. The summed E-state index contributed by atoms with van der Waals surface area (Å²) in [5.41, 5.74) is 2.22. The lowest BCUT2D eigenvalue weighted by Gasteiger charge is -1.97. The molecule has 2 rings (SSSR count). The summed E-state index contributed by atoms with van der Waals surface area (Å²) in [5, 5.41) is 4.20. The van der Waals surface area contributed by atoms with Crippen LogP contribution < -0.4 is 0 Å². The molecule has 2 heterocycles. The van der Waals surface area contributed by atoms with Crippen LogP contribution >= 0.6 is 0 Å². The second kappa shape index (κ2) is 3.46. The van der Waals surface area contributed by atoms with Gasteiger partial charge in [0, 0.05) is 24.4 Å². The first-order valence-corrected chi connectivity index (χ1v) is 4.94. The van der Waals surface area contributed by atoms with Crippen LogP contribution in [-0.4, -0.2) is 20.4 Å². The first-order valence-electron chi connectivity index (χ1n) is 4.94. The Hall–Kier alpha value is -1.71. The molecule has 0 aliphatic rings. The predicted molar refractivity (Wildman–Crippen MR) is 56.9 cm³/mol. The second-order valence-corrected chi connectivity index (χ2v) is 3.98. The predicted octanol–water partition coefficient (Wildman–Crippen LogP) is 1.88. The van der Waals surface area contributed by atoms with Crippen molar-refractivity contribution in [3.8, 4) is 0 Å². The van der Waals surface area contributed by atoms with Crippen LogP contribution in [0, 0.1) is 12.8 Å². The van der Waals surface area contributed by atoms with Gasteiger partial charge in [0.25, 0.3) is 0 Å². The van der Waals surface area contributed by atoms with Gasteiger partial charge in [0.2, 0.25) is 0 Å². The number of aromatic nitrogens is 3. The van der Waals surface area contributed by atoms with E-state index in [2.05, 4.69) is 10.1 Å². The molecule has 4 heteroatoms. The van der Waals surface area contributed by atoms with Gasteiger partial charge < -0.3 is 0 Å². The number of fused-ring (bicyclic) bond motifs is 1. The summed E-state index contributed by atoms with van der Waals surface area (Å²) in [6.45, 7) is 5.67. The average Bonchev–Trinajstić information content (AvgIpc) is 2.58. The Bertz CT molecular complexity index is 514. The third-order valence-corrected chi connectivity index (χ3v) is 2.22. The van der Waals surface area contributed by atoms with E-state index in [1.165, 1.54) is 0 Å². The summed E-state index contributed by atoms with van der Waals surface area (Å²) in [7, 11) is 0. The van der Waals surface area contributed by atoms with Crippen molar-refractivity contribution in [3.05, 3.63) is 29.7 Å². The highest BCUT2D eigenvalue weighted by atomic mass is 16.1. The first-order chi connectivity index (χ1) is 7.08. The van der Waals surface area contributed by atoms with E-state index in [1.807, 2.05) is 27.0 Å². The lowest BCUT2D eigenvalue weighted by Crippen LogP contribution is -2.08. The molecule has 15 heavy (non-hydrogen) atoms. The van der Waals surface area contributed by atoms with Crippen molar-refractivity contribution in [2.24, 2.45) is 5.92 Å². The lowest BCUT2D eigenvalue weighted by molar-refractivity contribution is 0.0934. The highest BCUT2D eigenvalue weighted by molar-refractivity contribution is 5.96. The minimum absolute atomic E-state index is 0.0315. The van der Waals surface area contributed by atoms with E-state index in [0.717, 1.165) is 5.56 Å². The average molecular weight is 203 g/mol. The van der Waals surface area contributed by atoms with Crippen molar-refractivity contribution in [1.82, 2.24) is 14.6 Å². The van der Waals surface area contributed by atoms with E-state index >= 15 is 0 Å². The van der Waals surface area contributed by atoms with E-state index in [1.54, 1.807) is 16.8 Å². The molecule has 0 atom stereocenters. The number of aryl methyl sites for hydroxylation is 1. The van der Waals surface area contributed by atoms with Crippen molar-refractivity contribution in [3.63, 3.8) is 0 Å². The quantitative estimate of drug-likeness (QED) is 0.700. The van der Waals surface area contributed by atoms with Gasteiger partial charge in [0.05, 0.1) is 0 Å². The summed E-state index contributed by atoms with van der Waals surface area (Å²) in [6.07, 6.45) is 3.63. The van der Waals surface area contributed by atoms with E-state index in [0.29, 0.717) is 11.3 Å². The number of Topliss-reactive ketones (excluding diaryl/α,β-unsaturated/α-hetero) is 1. The zero-order chi connectivity index (χ0) is 11.0. The molecule has 0 N–H and O–H groups in total. The minimum Gasteiger partial charge on any atom is -0.292 e. The van der Waals surface area contributed by atoms with E-state index < -0.39 is 0 Å². The number of hydrogen-bond donors (Lipinski definition) is 0. The van der Waals surface area contributed by atoms with Crippen LogP contribution in [0.3, 0.4) is 0 Å². The van der Waals surface area contributed by atoms with Gasteiger partial charge in [-0.3, -0.25) is 4.79 Å². The Morgan fingerprint density at radius 3 is 2.87 bits per heavy atom. The van der Waals surface area contributed by atoms with Gasteiger partial charge in [-0.2, -0.15) is 5.10 Å². The number of ketones is 1. The van der Waals surface area contributed by atoms with Gasteiger partial charge in [-0.1, -0.05) is 13.8 Å². The van der Waals surface area contributed by atoms with E-state index in [9.17, 15) is 4.79 Å². The maximum absolute atomic E-state index is 11.7. The van der Waals surface area contributed by atoms with Crippen molar-refractivity contribution >= 4 is 11.4 Å². The highest BCUT2D eigenvalue weighted by Crippen LogP contribution is 2.09. The topological polar surface area (TPSA) is 47.3 Å². The number of carbonyl (C=O) groups excluding carboxylic acids is 1. The fourth-order valence-corrected chi connectivity index (χ4v) is 1.39. The molecule has 4 nitrogen and oxygen atoms in total. The van der Waals surface area contributed by atoms with Crippen molar-refractivity contribution in [2.45, 2.75) is 20.8 Å². The van der Waals surface area contributed by atoms with E-state index in [-0.39, 0.29) is 11.7 Å². The van der Waals surface area contributed by atoms with Gasteiger partial charge in [-0.05, 0) is 12.5 Å². The molecule has 0 unspecified atom stereocenters. The molecule has 2 aromatic rings. The fraction of sp³-hybridized carbons (Fsp3) is 0.364.